The van der Waals surface area contributed by atoms with Gasteiger partial charge in [0.15, 0.2) is 0 Å². The molecule has 4 heterocycles. The smallest absolute Gasteiger partial charge is 0.141 e. The topological polar surface area (TPSA) is 72.3 Å². The number of rotatable bonds is 2. The van der Waals surface area contributed by atoms with Gasteiger partial charge in [-0.3, -0.25) is 9.67 Å². The number of aryl methyl sites for hydroxylation is 1. The van der Waals surface area contributed by atoms with Gasteiger partial charge in [-0.2, -0.15) is 5.10 Å². The quantitative estimate of drug-likeness (QED) is 0.538. The highest BCUT2D eigenvalue weighted by atomic mass is 15.2. The molecule has 5 rings (SSSR count). The van der Waals surface area contributed by atoms with Crippen molar-refractivity contribution in [1.82, 2.24) is 29.7 Å². The third-order valence-electron chi connectivity index (χ3n) is 4.36. The number of fused-ring (bicyclic) bond motifs is 2. The molecule has 0 unspecified atom stereocenters. The van der Waals surface area contributed by atoms with Crippen molar-refractivity contribution in [1.29, 1.82) is 0 Å². The zero-order valence-electron chi connectivity index (χ0n) is 13.5. The van der Waals surface area contributed by atoms with Crippen LogP contribution < -0.4 is 0 Å². The Hall–Kier alpha value is -3.54. The fraction of sp³-hybridized carbons (Fsp3) is 0.0526. The summed E-state index contributed by atoms with van der Waals surface area (Å²) in [6.45, 7) is 0. The Balaban J connectivity index is 1.78. The molecule has 0 aliphatic rings. The molecule has 120 valence electrons. The Labute approximate surface area is 143 Å². The van der Waals surface area contributed by atoms with Gasteiger partial charge >= 0.3 is 0 Å². The van der Waals surface area contributed by atoms with Crippen molar-refractivity contribution in [2.24, 2.45) is 7.05 Å². The monoisotopic (exact) mass is 326 g/mol. The predicted octanol–water partition coefficient (Wildman–Crippen LogP) is 3.57. The second-order valence-electron chi connectivity index (χ2n) is 5.96. The van der Waals surface area contributed by atoms with E-state index in [1.54, 1.807) is 11.0 Å². The van der Waals surface area contributed by atoms with Gasteiger partial charge in [-0.25, -0.2) is 9.97 Å². The first-order chi connectivity index (χ1) is 12.3. The van der Waals surface area contributed by atoms with Crippen LogP contribution in [0.2, 0.25) is 0 Å². The van der Waals surface area contributed by atoms with Crippen molar-refractivity contribution in [2.45, 2.75) is 0 Å². The van der Waals surface area contributed by atoms with Crippen LogP contribution in [0.1, 0.15) is 0 Å². The molecule has 0 saturated heterocycles. The molecule has 0 atom stereocenters. The van der Waals surface area contributed by atoms with Gasteiger partial charge in [-0.05, 0) is 23.8 Å². The second-order valence-corrected chi connectivity index (χ2v) is 5.96. The van der Waals surface area contributed by atoms with Gasteiger partial charge in [0.2, 0.25) is 0 Å². The number of aromatic nitrogens is 6. The minimum absolute atomic E-state index is 0.815. The van der Waals surface area contributed by atoms with Crippen LogP contribution in [0.15, 0.2) is 61.4 Å². The number of aromatic amines is 1. The first-order valence-electron chi connectivity index (χ1n) is 7.96. The van der Waals surface area contributed by atoms with Crippen molar-refractivity contribution in [3.63, 3.8) is 0 Å². The van der Waals surface area contributed by atoms with E-state index in [9.17, 15) is 0 Å². The SMILES string of the molecule is Cn1cc(-c2ncnc3[nH]cc(-c4ccc5ncccc5c4)c23)cn1. The number of benzene rings is 1. The molecular formula is C19H14N6. The molecule has 0 aliphatic heterocycles. The first-order valence-corrected chi connectivity index (χ1v) is 7.96. The van der Waals surface area contributed by atoms with E-state index >= 15 is 0 Å². The lowest BCUT2D eigenvalue weighted by Gasteiger charge is -2.05. The van der Waals surface area contributed by atoms with Gasteiger partial charge < -0.3 is 4.98 Å². The maximum absolute atomic E-state index is 4.51. The molecule has 4 aromatic heterocycles. The summed E-state index contributed by atoms with van der Waals surface area (Å²) >= 11 is 0. The highest BCUT2D eigenvalue weighted by Crippen LogP contribution is 2.34. The fourth-order valence-electron chi connectivity index (χ4n) is 3.20. The van der Waals surface area contributed by atoms with Crippen LogP contribution in [0.5, 0.6) is 0 Å². The average Bonchev–Trinajstić information content (AvgIpc) is 3.27. The first kappa shape index (κ1) is 13.9. The molecule has 0 radical (unpaired) electrons. The van der Waals surface area contributed by atoms with Crippen molar-refractivity contribution in [2.75, 3.05) is 0 Å². The molecule has 1 N–H and O–H groups in total. The molecule has 0 saturated carbocycles. The lowest BCUT2D eigenvalue weighted by atomic mass is 10.0. The third kappa shape index (κ3) is 2.19. The van der Waals surface area contributed by atoms with Crippen molar-refractivity contribution in [3.8, 4) is 22.4 Å². The summed E-state index contributed by atoms with van der Waals surface area (Å²) in [5.74, 6) is 0. The van der Waals surface area contributed by atoms with E-state index in [2.05, 4.69) is 43.2 Å². The van der Waals surface area contributed by atoms with Crippen LogP contribution in [0.25, 0.3) is 44.3 Å². The third-order valence-corrected chi connectivity index (χ3v) is 4.36. The molecule has 5 aromatic rings. The molecule has 1 aromatic carbocycles. The maximum Gasteiger partial charge on any atom is 0.141 e. The summed E-state index contributed by atoms with van der Waals surface area (Å²) < 4.78 is 1.78. The minimum atomic E-state index is 0.815. The summed E-state index contributed by atoms with van der Waals surface area (Å²) in [5.41, 5.74) is 5.82. The summed E-state index contributed by atoms with van der Waals surface area (Å²) in [4.78, 5) is 16.5. The van der Waals surface area contributed by atoms with Gasteiger partial charge in [0.25, 0.3) is 0 Å². The van der Waals surface area contributed by atoms with Gasteiger partial charge in [0, 0.05) is 42.2 Å². The Morgan fingerprint density at radius 1 is 1.04 bits per heavy atom. The molecule has 0 fully saturated rings. The van der Waals surface area contributed by atoms with Gasteiger partial charge in [-0.15, -0.1) is 0 Å². The zero-order valence-corrected chi connectivity index (χ0v) is 13.5. The summed E-state index contributed by atoms with van der Waals surface area (Å²) in [6, 6.07) is 10.3. The molecule has 0 bridgehead atoms. The summed E-state index contributed by atoms with van der Waals surface area (Å²) in [7, 11) is 1.90. The molecular weight excluding hydrogens is 312 g/mol. The van der Waals surface area contributed by atoms with Gasteiger partial charge in [-0.1, -0.05) is 12.1 Å². The maximum atomic E-state index is 4.51. The van der Waals surface area contributed by atoms with Crippen molar-refractivity contribution >= 4 is 21.9 Å². The summed E-state index contributed by atoms with van der Waals surface area (Å²) in [5, 5.41) is 6.37. The Morgan fingerprint density at radius 2 is 2.00 bits per heavy atom. The van der Waals surface area contributed by atoms with Crippen LogP contribution in [0.3, 0.4) is 0 Å². The molecule has 25 heavy (non-hydrogen) atoms. The van der Waals surface area contributed by atoms with E-state index < -0.39 is 0 Å². The van der Waals surface area contributed by atoms with E-state index in [1.165, 1.54) is 0 Å². The number of hydrogen-bond donors (Lipinski definition) is 1. The number of pyridine rings is 1. The Bertz CT molecular complexity index is 1220. The zero-order chi connectivity index (χ0) is 16.8. The highest BCUT2D eigenvalue weighted by Gasteiger charge is 2.15. The Morgan fingerprint density at radius 3 is 2.88 bits per heavy atom. The predicted molar refractivity (Wildman–Crippen MR) is 96.8 cm³/mol. The molecule has 0 spiro atoms. The van der Waals surface area contributed by atoms with Crippen LogP contribution in [0.4, 0.5) is 0 Å². The highest BCUT2D eigenvalue weighted by molar-refractivity contribution is 6.03. The normalized spacial score (nSPS) is 11.4. The molecule has 6 heteroatoms. The van der Waals surface area contributed by atoms with Crippen LogP contribution in [-0.4, -0.2) is 29.7 Å². The van der Waals surface area contributed by atoms with E-state index in [0.29, 0.717) is 0 Å². The Kier molecular flexibility index (Phi) is 2.90. The van der Waals surface area contributed by atoms with Crippen molar-refractivity contribution < 1.29 is 0 Å². The summed E-state index contributed by atoms with van der Waals surface area (Å²) in [6.07, 6.45) is 9.15. The van der Waals surface area contributed by atoms with E-state index in [-0.39, 0.29) is 0 Å². The fourth-order valence-corrected chi connectivity index (χ4v) is 3.20. The second kappa shape index (κ2) is 5.24. The van der Waals surface area contributed by atoms with Gasteiger partial charge in [0.05, 0.1) is 22.8 Å². The number of nitrogens with one attached hydrogen (secondary N) is 1. The molecule has 0 aliphatic carbocycles. The van der Waals surface area contributed by atoms with Crippen LogP contribution in [-0.2, 0) is 7.05 Å². The molecule has 0 amide bonds. The van der Waals surface area contributed by atoms with Gasteiger partial charge in [0.1, 0.15) is 12.0 Å². The standard InChI is InChI=1S/C19H14N6/c1-25-10-14(8-24-25)18-17-15(9-21-19(17)23-11-22-18)12-4-5-16-13(7-12)3-2-6-20-16/h2-11H,1H3,(H,21,22,23). The largest absolute Gasteiger partial charge is 0.345 e. The van der Waals surface area contributed by atoms with Crippen LogP contribution in [0, 0.1) is 0 Å². The number of hydrogen-bond acceptors (Lipinski definition) is 4. The van der Waals surface area contributed by atoms with Crippen molar-refractivity contribution in [3.05, 3.63) is 61.4 Å². The van der Waals surface area contributed by atoms with E-state index in [1.807, 2.05) is 44.0 Å². The number of nitrogens with zero attached hydrogens (tertiary/aromatic N) is 5. The minimum Gasteiger partial charge on any atom is -0.345 e. The van der Waals surface area contributed by atoms with Crippen LogP contribution >= 0.6 is 0 Å². The molecule has 6 nitrogen and oxygen atoms in total. The van der Waals surface area contributed by atoms with E-state index in [0.717, 1.165) is 44.3 Å². The lowest BCUT2D eigenvalue weighted by molar-refractivity contribution is 0.768. The average molecular weight is 326 g/mol. The lowest BCUT2D eigenvalue weighted by Crippen LogP contribution is -1.88. The number of H-pyrrole nitrogens is 1. The van der Waals surface area contributed by atoms with E-state index in [4.69, 9.17) is 0 Å².